The van der Waals surface area contributed by atoms with E-state index in [1.54, 1.807) is 26.3 Å². The molecule has 2 aromatic carbocycles. The predicted molar refractivity (Wildman–Crippen MR) is 164 cm³/mol. The second-order valence-corrected chi connectivity index (χ2v) is 10.9. The number of aliphatic imine (C=N–C) groups is 1. The number of aromatic nitrogens is 2. The molecule has 3 aromatic rings. The number of ether oxygens (including phenoxy) is 1. The lowest BCUT2D eigenvalue weighted by molar-refractivity contribution is 0.0916. The highest BCUT2D eigenvalue weighted by atomic mass is 35.5. The maximum atomic E-state index is 13.0. The molecule has 214 valence electrons. The van der Waals surface area contributed by atoms with Gasteiger partial charge in [0.1, 0.15) is 5.75 Å². The summed E-state index contributed by atoms with van der Waals surface area (Å²) >= 11 is 6.69. The van der Waals surface area contributed by atoms with E-state index in [0.29, 0.717) is 45.8 Å². The summed E-state index contributed by atoms with van der Waals surface area (Å²) < 4.78 is 5.63. The molecule has 2 heterocycles. The van der Waals surface area contributed by atoms with E-state index in [1.165, 1.54) is 0 Å². The Balaban J connectivity index is 1.41. The van der Waals surface area contributed by atoms with E-state index in [9.17, 15) is 4.79 Å². The third-order valence-electron chi connectivity index (χ3n) is 7.76. The fraction of sp³-hybridized carbons (Fsp3) is 0.355. The maximum Gasteiger partial charge on any atom is 0.251 e. The van der Waals surface area contributed by atoms with Crippen LogP contribution in [0.4, 0.5) is 11.6 Å². The molecular formula is C31H36ClN7O2. The van der Waals surface area contributed by atoms with Gasteiger partial charge in [0.25, 0.3) is 5.91 Å². The molecule has 0 atom stereocenters. The molecule has 0 bridgehead atoms. The monoisotopic (exact) mass is 573 g/mol. The largest absolute Gasteiger partial charge is 0.495 e. The lowest BCUT2D eigenvalue weighted by atomic mass is 9.88. The highest BCUT2D eigenvalue weighted by Crippen LogP contribution is 2.35. The Morgan fingerprint density at radius 2 is 1.98 bits per heavy atom. The molecule has 4 N–H and O–H groups in total. The zero-order valence-electron chi connectivity index (χ0n) is 23.9. The second kappa shape index (κ2) is 12.3. The van der Waals surface area contributed by atoms with Crippen LogP contribution < -0.4 is 21.1 Å². The highest BCUT2D eigenvalue weighted by molar-refractivity contribution is 6.41. The molecule has 1 amide bonds. The first-order valence-corrected chi connectivity index (χ1v) is 14.2. The molecule has 41 heavy (non-hydrogen) atoms. The van der Waals surface area contributed by atoms with Crippen molar-refractivity contribution >= 4 is 40.4 Å². The Kier molecular flexibility index (Phi) is 8.56. The van der Waals surface area contributed by atoms with Crippen molar-refractivity contribution in [2.45, 2.75) is 38.6 Å². The summed E-state index contributed by atoms with van der Waals surface area (Å²) in [6, 6.07) is 11.4. The molecule has 0 saturated carbocycles. The summed E-state index contributed by atoms with van der Waals surface area (Å²) in [5.74, 6) is 0.782. The minimum absolute atomic E-state index is 0.110. The maximum absolute atomic E-state index is 13.0. The van der Waals surface area contributed by atoms with Crippen LogP contribution in [0.25, 0.3) is 5.57 Å². The number of halogens is 1. The Morgan fingerprint density at radius 3 is 2.71 bits per heavy atom. The normalized spacial score (nSPS) is 16.4. The fourth-order valence-corrected chi connectivity index (χ4v) is 5.57. The number of anilines is 2. The molecule has 0 spiro atoms. The van der Waals surface area contributed by atoms with Gasteiger partial charge < -0.3 is 26.0 Å². The van der Waals surface area contributed by atoms with Crippen LogP contribution in [0.3, 0.4) is 0 Å². The van der Waals surface area contributed by atoms with Crippen LogP contribution in [0.5, 0.6) is 5.75 Å². The number of hydrogen-bond donors (Lipinski definition) is 3. The van der Waals surface area contributed by atoms with Crippen LogP contribution in [0, 0.1) is 6.92 Å². The smallest absolute Gasteiger partial charge is 0.251 e. The first-order chi connectivity index (χ1) is 19.8. The lowest BCUT2D eigenvalue weighted by Gasteiger charge is -2.29. The van der Waals surface area contributed by atoms with Gasteiger partial charge in [-0.2, -0.15) is 0 Å². The summed E-state index contributed by atoms with van der Waals surface area (Å²) in [5, 5.41) is 7.05. The minimum Gasteiger partial charge on any atom is -0.495 e. The quantitative estimate of drug-likeness (QED) is 0.349. The SMILES string of the molecule is CN=C(C1=C(N)CCc2cnc(Nc3ccc(C(=O)NC4CCN(C)CC4)cc3OC)nc21)c1cccc(C)c1Cl. The Hall–Kier alpha value is -3.95. The van der Waals surface area contributed by atoms with E-state index in [0.717, 1.165) is 60.3 Å². The molecule has 2 aliphatic rings. The van der Waals surface area contributed by atoms with Gasteiger partial charge in [-0.05, 0) is 82.1 Å². The number of allylic oxidation sites excluding steroid dienone is 2. The van der Waals surface area contributed by atoms with Crippen LogP contribution in [0.2, 0.25) is 5.02 Å². The first-order valence-electron chi connectivity index (χ1n) is 13.8. The number of nitrogens with two attached hydrogens (primary N) is 1. The number of methoxy groups -OCH3 is 1. The predicted octanol–water partition coefficient (Wildman–Crippen LogP) is 4.75. The van der Waals surface area contributed by atoms with Crippen LogP contribution in [-0.2, 0) is 6.42 Å². The first kappa shape index (κ1) is 28.6. The number of benzene rings is 2. The van der Waals surface area contributed by atoms with Crippen molar-refractivity contribution < 1.29 is 9.53 Å². The molecular weight excluding hydrogens is 538 g/mol. The number of piperidine rings is 1. The topological polar surface area (TPSA) is 118 Å². The van der Waals surface area contributed by atoms with Crippen molar-refractivity contribution in [2.24, 2.45) is 10.7 Å². The molecule has 1 aliphatic heterocycles. The summed E-state index contributed by atoms with van der Waals surface area (Å²) in [6.07, 6.45) is 5.11. The van der Waals surface area contributed by atoms with Gasteiger partial charge in [0.2, 0.25) is 5.95 Å². The Labute approximate surface area is 245 Å². The van der Waals surface area contributed by atoms with Crippen LogP contribution in [0.1, 0.15) is 52.0 Å². The van der Waals surface area contributed by atoms with E-state index in [-0.39, 0.29) is 11.9 Å². The fourth-order valence-electron chi connectivity index (χ4n) is 5.35. The third kappa shape index (κ3) is 6.06. The number of nitrogens with one attached hydrogen (secondary N) is 2. The van der Waals surface area contributed by atoms with E-state index < -0.39 is 0 Å². The third-order valence-corrected chi connectivity index (χ3v) is 8.26. The van der Waals surface area contributed by atoms with Gasteiger partial charge in [-0.3, -0.25) is 9.79 Å². The van der Waals surface area contributed by atoms with Crippen molar-refractivity contribution in [3.8, 4) is 5.75 Å². The average molecular weight is 574 g/mol. The van der Waals surface area contributed by atoms with Crippen LogP contribution in [0.15, 0.2) is 53.3 Å². The molecule has 1 aliphatic carbocycles. The van der Waals surface area contributed by atoms with Gasteiger partial charge in [-0.25, -0.2) is 9.97 Å². The number of aryl methyl sites for hydroxylation is 2. The molecule has 0 radical (unpaired) electrons. The number of carbonyl (C=O) groups is 1. The Morgan fingerprint density at radius 1 is 1.20 bits per heavy atom. The number of hydrogen-bond acceptors (Lipinski definition) is 8. The summed E-state index contributed by atoms with van der Waals surface area (Å²) in [7, 11) is 5.41. The number of likely N-dealkylation sites (tertiary alicyclic amines) is 1. The van der Waals surface area contributed by atoms with Gasteiger partial charge in [0.15, 0.2) is 0 Å². The molecule has 5 rings (SSSR count). The molecule has 1 saturated heterocycles. The molecule has 9 nitrogen and oxygen atoms in total. The van der Waals surface area contributed by atoms with Crippen molar-refractivity contribution in [1.82, 2.24) is 20.2 Å². The summed E-state index contributed by atoms with van der Waals surface area (Å²) in [4.78, 5) is 29.3. The summed E-state index contributed by atoms with van der Waals surface area (Å²) in [6.45, 7) is 3.92. The van der Waals surface area contributed by atoms with Gasteiger partial charge >= 0.3 is 0 Å². The highest BCUT2D eigenvalue weighted by Gasteiger charge is 2.26. The number of carbonyl (C=O) groups excluding carboxylic acids is 1. The van der Waals surface area contributed by atoms with Crippen molar-refractivity contribution in [3.63, 3.8) is 0 Å². The second-order valence-electron chi connectivity index (χ2n) is 10.6. The van der Waals surface area contributed by atoms with Gasteiger partial charge in [0.05, 0.1) is 29.2 Å². The standard InChI is InChI=1S/C31H36ClN7O2/c1-18-6-5-7-22(27(18)32)29(34-2)26-23(33)10-8-20-17-35-31(38-28(20)26)37-24-11-9-19(16-25(24)41-4)30(40)36-21-12-14-39(3)15-13-21/h5-7,9,11,16-17,21H,8,10,12-15,33H2,1-4H3,(H,36,40)(H,35,37,38). The van der Waals surface area contributed by atoms with Crippen LogP contribution >= 0.6 is 11.6 Å². The van der Waals surface area contributed by atoms with E-state index in [4.69, 9.17) is 27.1 Å². The number of fused-ring (bicyclic) bond motifs is 1. The van der Waals surface area contributed by atoms with Gasteiger partial charge in [0, 0.05) is 41.7 Å². The molecule has 10 heteroatoms. The molecule has 1 aromatic heterocycles. The molecule has 1 fully saturated rings. The zero-order valence-corrected chi connectivity index (χ0v) is 24.7. The summed E-state index contributed by atoms with van der Waals surface area (Å²) in [5.41, 5.74) is 13.4. The average Bonchev–Trinajstić information content (AvgIpc) is 2.98. The van der Waals surface area contributed by atoms with E-state index in [2.05, 4.69) is 32.6 Å². The minimum atomic E-state index is -0.110. The van der Waals surface area contributed by atoms with E-state index >= 15 is 0 Å². The van der Waals surface area contributed by atoms with Crippen molar-refractivity contribution in [2.75, 3.05) is 39.6 Å². The van der Waals surface area contributed by atoms with Gasteiger partial charge in [-0.1, -0.05) is 29.8 Å². The molecule has 0 unspecified atom stereocenters. The van der Waals surface area contributed by atoms with Crippen molar-refractivity contribution in [1.29, 1.82) is 0 Å². The number of amides is 1. The van der Waals surface area contributed by atoms with Crippen molar-refractivity contribution in [3.05, 3.63) is 81.3 Å². The zero-order chi connectivity index (χ0) is 29.1. The lowest BCUT2D eigenvalue weighted by Crippen LogP contribution is -2.43. The van der Waals surface area contributed by atoms with Crippen LogP contribution in [-0.4, -0.2) is 66.8 Å². The van der Waals surface area contributed by atoms with E-state index in [1.807, 2.05) is 37.4 Å². The Bertz CT molecular complexity index is 1530. The van der Waals surface area contributed by atoms with Gasteiger partial charge in [-0.15, -0.1) is 0 Å². The number of nitrogens with zero attached hydrogens (tertiary/aromatic N) is 4. The number of rotatable bonds is 7.